The molecule has 2 amide bonds. The molecule has 1 aromatic heterocycles. The van der Waals surface area contributed by atoms with E-state index >= 15 is 0 Å². The largest absolute Gasteiger partial charge is 0.466 e. The second-order valence-electron chi connectivity index (χ2n) is 6.80. The lowest BCUT2D eigenvalue weighted by atomic mass is 9.98. The fourth-order valence-electron chi connectivity index (χ4n) is 2.91. The summed E-state index contributed by atoms with van der Waals surface area (Å²) in [5.74, 6) is -0.467. The van der Waals surface area contributed by atoms with Gasteiger partial charge in [0.25, 0.3) is 0 Å². The van der Waals surface area contributed by atoms with Gasteiger partial charge in [0.2, 0.25) is 0 Å². The molecule has 0 spiro atoms. The second kappa shape index (κ2) is 11.0. The Hall–Kier alpha value is -3.31. The number of nitrogens with one attached hydrogen (secondary N) is 2. The molecule has 1 aromatic carbocycles. The number of alkyl halides is 6. The van der Waals surface area contributed by atoms with Gasteiger partial charge in [0, 0.05) is 19.2 Å². The second-order valence-corrected chi connectivity index (χ2v) is 6.80. The molecule has 0 radical (unpaired) electrons. The first-order valence-corrected chi connectivity index (χ1v) is 9.82. The lowest BCUT2D eigenvalue weighted by Gasteiger charge is -2.23. The third-order valence-electron chi connectivity index (χ3n) is 4.41. The van der Waals surface area contributed by atoms with Gasteiger partial charge in [-0.1, -0.05) is 12.1 Å². The number of benzene rings is 1. The van der Waals surface area contributed by atoms with Crippen molar-refractivity contribution in [3.63, 3.8) is 0 Å². The molecule has 0 aliphatic heterocycles. The highest BCUT2D eigenvalue weighted by molar-refractivity contribution is 5.75. The highest BCUT2D eigenvalue weighted by Crippen LogP contribution is 2.36. The highest BCUT2D eigenvalue weighted by Gasteiger charge is 2.37. The summed E-state index contributed by atoms with van der Waals surface area (Å²) in [7, 11) is 0. The molecular formula is C21H21F6N3O3. The van der Waals surface area contributed by atoms with E-state index in [9.17, 15) is 35.9 Å². The zero-order chi connectivity index (χ0) is 24.6. The number of carbonyl (C=O) groups is 2. The van der Waals surface area contributed by atoms with E-state index in [-0.39, 0.29) is 31.6 Å². The molecule has 1 heterocycles. The van der Waals surface area contributed by atoms with Crippen molar-refractivity contribution in [3.05, 3.63) is 65.0 Å². The van der Waals surface area contributed by atoms with E-state index in [0.29, 0.717) is 12.1 Å². The van der Waals surface area contributed by atoms with Gasteiger partial charge in [-0.25, -0.2) is 4.79 Å². The minimum Gasteiger partial charge on any atom is -0.466 e. The molecule has 0 saturated carbocycles. The molecule has 0 saturated heterocycles. The number of amides is 2. The Balaban J connectivity index is 2.26. The SMILES string of the molecule is CCOC(=O)CCCNC(=O)NC(c1ccc(C(F)(F)F)cc1)c1ncccc1C(F)(F)F. The predicted molar refractivity (Wildman–Crippen MR) is 105 cm³/mol. The van der Waals surface area contributed by atoms with Crippen LogP contribution in [0, 0.1) is 0 Å². The van der Waals surface area contributed by atoms with Crippen LogP contribution in [0.1, 0.15) is 48.2 Å². The van der Waals surface area contributed by atoms with Crippen molar-refractivity contribution in [3.8, 4) is 0 Å². The first kappa shape index (κ1) is 25.9. The Bertz CT molecular complexity index is 945. The average Bonchev–Trinajstić information content (AvgIpc) is 2.74. The van der Waals surface area contributed by atoms with Gasteiger partial charge in [0.1, 0.15) is 0 Å². The number of pyridine rings is 1. The Labute approximate surface area is 185 Å². The number of urea groups is 1. The number of hydrogen-bond acceptors (Lipinski definition) is 4. The molecule has 0 aliphatic rings. The summed E-state index contributed by atoms with van der Waals surface area (Å²) < 4.78 is 83.9. The van der Waals surface area contributed by atoms with Gasteiger partial charge in [-0.2, -0.15) is 26.3 Å². The van der Waals surface area contributed by atoms with Gasteiger partial charge in [-0.3, -0.25) is 9.78 Å². The fourth-order valence-corrected chi connectivity index (χ4v) is 2.91. The standard InChI is InChI=1S/C21H21F6N3O3/c1-2-33-16(31)6-4-12-29-19(32)30-17(13-7-9-14(10-8-13)20(22,23)24)18-15(21(25,26)27)5-3-11-28-18/h3,5,7-11,17H,2,4,6,12H2,1H3,(H2,29,30,32). The summed E-state index contributed by atoms with van der Waals surface area (Å²) in [6.07, 6.45) is -8.13. The molecule has 2 rings (SSSR count). The molecular weight excluding hydrogens is 456 g/mol. The zero-order valence-electron chi connectivity index (χ0n) is 17.4. The zero-order valence-corrected chi connectivity index (χ0v) is 17.4. The highest BCUT2D eigenvalue weighted by atomic mass is 19.4. The molecule has 12 heteroatoms. The maximum absolute atomic E-state index is 13.5. The summed E-state index contributed by atoms with van der Waals surface area (Å²) in [4.78, 5) is 27.4. The van der Waals surface area contributed by atoms with E-state index in [1.165, 1.54) is 0 Å². The van der Waals surface area contributed by atoms with E-state index in [0.717, 1.165) is 30.5 Å². The monoisotopic (exact) mass is 477 g/mol. The predicted octanol–water partition coefficient (Wildman–Crippen LogP) is 4.85. The van der Waals surface area contributed by atoms with Gasteiger partial charge < -0.3 is 15.4 Å². The molecule has 1 unspecified atom stereocenters. The fraction of sp³-hybridized carbons (Fsp3) is 0.381. The van der Waals surface area contributed by atoms with Crippen LogP contribution in [0.4, 0.5) is 31.1 Å². The number of aromatic nitrogens is 1. The van der Waals surface area contributed by atoms with Crippen molar-refractivity contribution < 1.29 is 40.7 Å². The Morgan fingerprint density at radius 3 is 2.27 bits per heavy atom. The van der Waals surface area contributed by atoms with E-state index in [1.807, 2.05) is 0 Å². The maximum atomic E-state index is 13.5. The summed E-state index contributed by atoms with van der Waals surface area (Å²) in [6.45, 7) is 1.85. The quantitative estimate of drug-likeness (QED) is 0.324. The van der Waals surface area contributed by atoms with Gasteiger partial charge in [0.15, 0.2) is 0 Å². The van der Waals surface area contributed by atoms with Gasteiger partial charge in [-0.05, 0) is 43.2 Å². The lowest BCUT2D eigenvalue weighted by Crippen LogP contribution is -2.40. The van der Waals surface area contributed by atoms with Crippen molar-refractivity contribution in [1.82, 2.24) is 15.6 Å². The van der Waals surface area contributed by atoms with E-state index in [4.69, 9.17) is 4.74 Å². The molecule has 2 aromatic rings. The molecule has 6 nitrogen and oxygen atoms in total. The molecule has 33 heavy (non-hydrogen) atoms. The summed E-state index contributed by atoms with van der Waals surface area (Å²) >= 11 is 0. The molecule has 2 N–H and O–H groups in total. The normalized spacial score (nSPS) is 12.7. The summed E-state index contributed by atoms with van der Waals surface area (Å²) in [6, 6.07) is 2.81. The minimum absolute atomic E-state index is 0.0126. The maximum Gasteiger partial charge on any atom is 0.418 e. The number of esters is 1. The molecule has 0 aliphatic carbocycles. The third kappa shape index (κ3) is 7.65. The molecule has 180 valence electrons. The van der Waals surface area contributed by atoms with Crippen molar-refractivity contribution in [2.75, 3.05) is 13.2 Å². The number of carbonyl (C=O) groups excluding carboxylic acids is 2. The van der Waals surface area contributed by atoms with Crippen LogP contribution in [0.25, 0.3) is 0 Å². The van der Waals surface area contributed by atoms with E-state index in [1.54, 1.807) is 6.92 Å². The van der Waals surface area contributed by atoms with Gasteiger partial charge >= 0.3 is 24.4 Å². The summed E-state index contributed by atoms with van der Waals surface area (Å²) in [5.41, 5.74) is -2.75. The van der Waals surface area contributed by atoms with Crippen LogP contribution >= 0.6 is 0 Å². The average molecular weight is 477 g/mol. The van der Waals surface area contributed by atoms with Crippen molar-refractivity contribution >= 4 is 12.0 Å². The van der Waals surface area contributed by atoms with E-state index in [2.05, 4.69) is 15.6 Å². The van der Waals surface area contributed by atoms with Crippen LogP contribution in [0.15, 0.2) is 42.6 Å². The topological polar surface area (TPSA) is 80.3 Å². The minimum atomic E-state index is -4.81. The lowest BCUT2D eigenvalue weighted by molar-refractivity contribution is -0.143. The number of rotatable bonds is 8. The molecule has 1 atom stereocenters. The van der Waals surface area contributed by atoms with Crippen LogP contribution in [-0.2, 0) is 21.9 Å². The Morgan fingerprint density at radius 1 is 1.03 bits per heavy atom. The van der Waals surface area contributed by atoms with Crippen LogP contribution < -0.4 is 10.6 Å². The van der Waals surface area contributed by atoms with Gasteiger partial charge in [0.05, 0.1) is 29.5 Å². The Kier molecular flexibility index (Phi) is 8.66. The first-order valence-electron chi connectivity index (χ1n) is 9.82. The molecule has 0 bridgehead atoms. The van der Waals surface area contributed by atoms with Gasteiger partial charge in [-0.15, -0.1) is 0 Å². The first-order chi connectivity index (χ1) is 15.4. The van der Waals surface area contributed by atoms with Crippen LogP contribution in [-0.4, -0.2) is 30.1 Å². The number of nitrogens with zero attached hydrogens (tertiary/aromatic N) is 1. The molecule has 0 fully saturated rings. The summed E-state index contributed by atoms with van der Waals surface area (Å²) in [5, 5.41) is 4.72. The van der Waals surface area contributed by atoms with Crippen LogP contribution in [0.3, 0.4) is 0 Å². The third-order valence-corrected chi connectivity index (χ3v) is 4.41. The number of ether oxygens (including phenoxy) is 1. The Morgan fingerprint density at radius 2 is 1.70 bits per heavy atom. The number of hydrogen-bond donors (Lipinski definition) is 2. The van der Waals surface area contributed by atoms with Crippen LogP contribution in [0.2, 0.25) is 0 Å². The van der Waals surface area contributed by atoms with E-state index < -0.39 is 47.2 Å². The smallest absolute Gasteiger partial charge is 0.418 e. The van der Waals surface area contributed by atoms with Crippen molar-refractivity contribution in [2.24, 2.45) is 0 Å². The number of halogens is 6. The van der Waals surface area contributed by atoms with Crippen molar-refractivity contribution in [1.29, 1.82) is 0 Å². The van der Waals surface area contributed by atoms with Crippen molar-refractivity contribution in [2.45, 2.75) is 38.2 Å². The van der Waals surface area contributed by atoms with Crippen LogP contribution in [0.5, 0.6) is 0 Å².